The number of carbonyl (C=O) groups is 1. The minimum Gasteiger partial charge on any atom is -0.382 e. The molecule has 7 heteroatoms. The van der Waals surface area contributed by atoms with Crippen LogP contribution in [0.2, 0.25) is 0 Å². The second kappa shape index (κ2) is 6.72. The minimum atomic E-state index is -4.74. The number of hydrogen-bond acceptors (Lipinski definition) is 2. The van der Waals surface area contributed by atoms with Crippen molar-refractivity contribution >= 4 is 27.9 Å². The number of carbonyl (C=O) groups excluding carboxylic acids is 1. The zero-order valence-corrected chi connectivity index (χ0v) is 11.2. The Balaban J connectivity index is 2.51. The van der Waals surface area contributed by atoms with Crippen LogP contribution in [0.25, 0.3) is 6.08 Å². The first kappa shape index (κ1) is 15.7. The highest BCUT2D eigenvalue weighted by Crippen LogP contribution is 2.19. The molecule has 1 aromatic carbocycles. The number of benzene rings is 1. The molecule has 104 valence electrons. The number of hydrogen-bond donors (Lipinski definition) is 2. The van der Waals surface area contributed by atoms with Gasteiger partial charge in [-0.15, -0.1) is 0 Å². The molecule has 0 fully saturated rings. The molecule has 0 radical (unpaired) electrons. The summed E-state index contributed by atoms with van der Waals surface area (Å²) in [5.41, 5.74) is 0.717. The largest absolute Gasteiger partial charge is 0.416 e. The van der Waals surface area contributed by atoms with E-state index in [0.29, 0.717) is 5.56 Å². The van der Waals surface area contributed by atoms with Gasteiger partial charge in [0.25, 0.3) is 0 Å². The van der Waals surface area contributed by atoms with E-state index >= 15 is 0 Å². The molecule has 1 unspecified atom stereocenters. The molecule has 2 N–H and O–H groups in total. The van der Waals surface area contributed by atoms with E-state index in [0.717, 1.165) is 10.5 Å². The van der Waals surface area contributed by atoms with Crippen LogP contribution >= 0.6 is 15.9 Å². The van der Waals surface area contributed by atoms with Crippen LogP contribution in [0.15, 0.2) is 34.8 Å². The summed E-state index contributed by atoms with van der Waals surface area (Å²) in [4.78, 5) is 11.3. The summed E-state index contributed by atoms with van der Waals surface area (Å²) in [5, 5.41) is 10.7. The average Bonchev–Trinajstić information content (AvgIpc) is 2.33. The van der Waals surface area contributed by atoms with Gasteiger partial charge in [-0.2, -0.15) is 13.2 Å². The Morgan fingerprint density at radius 1 is 1.42 bits per heavy atom. The number of rotatable bonds is 4. The first-order valence-corrected chi connectivity index (χ1v) is 6.05. The molecule has 0 aliphatic carbocycles. The van der Waals surface area contributed by atoms with E-state index in [1.54, 1.807) is 24.3 Å². The summed E-state index contributed by atoms with van der Waals surface area (Å²) in [5.74, 6) is -0.709. The molecule has 1 amide bonds. The lowest BCUT2D eigenvalue weighted by molar-refractivity contribution is -0.201. The Kier molecular flexibility index (Phi) is 5.56. The molecule has 3 nitrogen and oxygen atoms in total. The summed E-state index contributed by atoms with van der Waals surface area (Å²) in [6.07, 6.45) is -4.74. The summed E-state index contributed by atoms with van der Waals surface area (Å²) < 4.78 is 36.7. The van der Waals surface area contributed by atoms with E-state index in [1.165, 1.54) is 6.08 Å². The Morgan fingerprint density at radius 2 is 2.05 bits per heavy atom. The standard InChI is InChI=1S/C12H11BrF3NO2/c13-9-4-2-1-3-8(9)5-6-11(19)17-7-10(18)12(14,15)16/h1-6,10,18H,7H2,(H,17,19)/b6-5+. The summed E-state index contributed by atoms with van der Waals surface area (Å²) in [7, 11) is 0. The smallest absolute Gasteiger partial charge is 0.382 e. The van der Waals surface area contributed by atoms with Crippen LogP contribution in [-0.4, -0.2) is 29.8 Å². The fourth-order valence-corrected chi connectivity index (χ4v) is 1.56. The summed E-state index contributed by atoms with van der Waals surface area (Å²) in [6, 6.07) is 7.06. The van der Waals surface area contributed by atoms with E-state index in [2.05, 4.69) is 15.9 Å². The van der Waals surface area contributed by atoms with E-state index < -0.39 is 24.7 Å². The maximum absolute atomic E-state index is 12.0. The third kappa shape index (κ3) is 5.44. The highest BCUT2D eigenvalue weighted by molar-refractivity contribution is 9.10. The van der Waals surface area contributed by atoms with Crippen LogP contribution in [0.5, 0.6) is 0 Å². The predicted octanol–water partition coefficient (Wildman–Crippen LogP) is 2.50. The molecule has 0 bridgehead atoms. The Bertz CT molecular complexity index is 474. The van der Waals surface area contributed by atoms with Gasteiger partial charge in [0.05, 0.1) is 6.54 Å². The van der Waals surface area contributed by atoms with Gasteiger partial charge in [0.1, 0.15) is 0 Å². The fraction of sp³-hybridized carbons (Fsp3) is 0.250. The van der Waals surface area contributed by atoms with Crippen molar-refractivity contribution in [2.24, 2.45) is 0 Å². The lowest BCUT2D eigenvalue weighted by atomic mass is 10.2. The molecule has 0 aliphatic heterocycles. The number of halogens is 4. The van der Waals surface area contributed by atoms with E-state index in [1.807, 2.05) is 5.32 Å². The van der Waals surface area contributed by atoms with Crippen molar-refractivity contribution in [3.05, 3.63) is 40.4 Å². The highest BCUT2D eigenvalue weighted by Gasteiger charge is 2.37. The summed E-state index contributed by atoms with van der Waals surface area (Å²) >= 11 is 3.26. The maximum Gasteiger partial charge on any atom is 0.416 e. The molecule has 0 aliphatic rings. The third-order valence-electron chi connectivity index (χ3n) is 2.17. The molecular formula is C12H11BrF3NO2. The molecule has 0 aromatic heterocycles. The van der Waals surface area contributed by atoms with Crippen molar-refractivity contribution < 1.29 is 23.1 Å². The molecular weight excluding hydrogens is 327 g/mol. The topological polar surface area (TPSA) is 49.3 Å². The van der Waals surface area contributed by atoms with Gasteiger partial charge in [0, 0.05) is 10.5 Å². The van der Waals surface area contributed by atoms with Gasteiger partial charge < -0.3 is 10.4 Å². The predicted molar refractivity (Wildman–Crippen MR) is 68.2 cm³/mol. The van der Waals surface area contributed by atoms with Crippen LogP contribution < -0.4 is 5.32 Å². The van der Waals surface area contributed by atoms with Gasteiger partial charge in [0.15, 0.2) is 6.10 Å². The van der Waals surface area contributed by atoms with Gasteiger partial charge in [0.2, 0.25) is 5.91 Å². The van der Waals surface area contributed by atoms with Gasteiger partial charge in [-0.1, -0.05) is 34.1 Å². The van der Waals surface area contributed by atoms with Crippen LogP contribution in [0, 0.1) is 0 Å². The van der Waals surface area contributed by atoms with Crippen molar-refractivity contribution in [2.45, 2.75) is 12.3 Å². The number of nitrogens with one attached hydrogen (secondary N) is 1. The van der Waals surface area contributed by atoms with Gasteiger partial charge >= 0.3 is 6.18 Å². The van der Waals surface area contributed by atoms with Crippen molar-refractivity contribution in [1.82, 2.24) is 5.32 Å². The number of amides is 1. The second-order valence-electron chi connectivity index (χ2n) is 3.66. The quantitative estimate of drug-likeness (QED) is 0.829. The van der Waals surface area contributed by atoms with E-state index in [9.17, 15) is 18.0 Å². The van der Waals surface area contributed by atoms with Crippen molar-refractivity contribution in [2.75, 3.05) is 6.54 Å². The van der Waals surface area contributed by atoms with E-state index in [4.69, 9.17) is 5.11 Å². The lowest BCUT2D eigenvalue weighted by Gasteiger charge is -2.14. The Labute approximate surface area is 116 Å². The van der Waals surface area contributed by atoms with Gasteiger partial charge in [-0.05, 0) is 17.7 Å². The first-order chi connectivity index (χ1) is 8.80. The van der Waals surface area contributed by atoms with Crippen molar-refractivity contribution in [3.8, 4) is 0 Å². The average molecular weight is 338 g/mol. The normalized spacial score (nSPS) is 13.5. The zero-order valence-electron chi connectivity index (χ0n) is 9.62. The van der Waals surface area contributed by atoms with Crippen molar-refractivity contribution in [3.63, 3.8) is 0 Å². The Morgan fingerprint density at radius 3 is 2.63 bits per heavy atom. The third-order valence-corrected chi connectivity index (χ3v) is 2.89. The highest BCUT2D eigenvalue weighted by atomic mass is 79.9. The monoisotopic (exact) mass is 337 g/mol. The molecule has 0 spiro atoms. The summed E-state index contributed by atoms with van der Waals surface area (Å²) in [6.45, 7) is -0.872. The zero-order chi connectivity index (χ0) is 14.5. The lowest BCUT2D eigenvalue weighted by Crippen LogP contribution is -2.40. The molecule has 1 rings (SSSR count). The van der Waals surface area contributed by atoms with Crippen LogP contribution in [0.3, 0.4) is 0 Å². The molecule has 0 saturated heterocycles. The number of aliphatic hydroxyl groups excluding tert-OH is 1. The Hall–Kier alpha value is -1.34. The molecule has 1 aromatic rings. The van der Waals surface area contributed by atoms with Gasteiger partial charge in [-0.25, -0.2) is 0 Å². The fourth-order valence-electron chi connectivity index (χ4n) is 1.15. The van der Waals surface area contributed by atoms with Gasteiger partial charge in [-0.3, -0.25) is 4.79 Å². The first-order valence-electron chi connectivity index (χ1n) is 5.26. The maximum atomic E-state index is 12.0. The van der Waals surface area contributed by atoms with E-state index in [-0.39, 0.29) is 0 Å². The molecule has 1 atom stereocenters. The molecule has 0 saturated carbocycles. The second-order valence-corrected chi connectivity index (χ2v) is 4.51. The molecule has 19 heavy (non-hydrogen) atoms. The number of alkyl halides is 3. The van der Waals surface area contributed by atoms with Crippen LogP contribution in [-0.2, 0) is 4.79 Å². The van der Waals surface area contributed by atoms with Crippen molar-refractivity contribution in [1.29, 1.82) is 0 Å². The minimum absolute atomic E-state index is 0.709. The molecule has 0 heterocycles. The van der Waals surface area contributed by atoms with Crippen LogP contribution in [0.1, 0.15) is 5.56 Å². The number of aliphatic hydroxyl groups is 1. The van der Waals surface area contributed by atoms with Crippen LogP contribution in [0.4, 0.5) is 13.2 Å². The SMILES string of the molecule is O=C(/C=C/c1ccccc1Br)NCC(O)C(F)(F)F.